The molecule has 18 heavy (non-hydrogen) atoms. The van der Waals surface area contributed by atoms with Crippen LogP contribution in [0.3, 0.4) is 0 Å². The number of hydrogen-bond acceptors (Lipinski definition) is 6. The average molecular weight is 254 g/mol. The highest BCUT2D eigenvalue weighted by molar-refractivity contribution is 5.97. The Bertz CT molecular complexity index is 466. The second-order valence-corrected chi connectivity index (χ2v) is 3.46. The van der Waals surface area contributed by atoms with E-state index in [4.69, 9.17) is 4.74 Å². The highest BCUT2D eigenvalue weighted by atomic mass is 16.6. The predicted octanol–water partition coefficient (Wildman–Crippen LogP) is 1.24. The summed E-state index contributed by atoms with van der Waals surface area (Å²) in [5.41, 5.74) is -0.0176. The first-order valence-electron chi connectivity index (χ1n) is 5.31. The monoisotopic (exact) mass is 254 g/mol. The summed E-state index contributed by atoms with van der Waals surface area (Å²) in [6.07, 6.45) is 0. The van der Waals surface area contributed by atoms with Gasteiger partial charge in [-0.05, 0) is 26.0 Å². The fourth-order valence-electron chi connectivity index (χ4n) is 1.30. The molecule has 0 spiro atoms. The van der Waals surface area contributed by atoms with Crippen molar-refractivity contribution in [3.63, 3.8) is 0 Å². The van der Waals surface area contributed by atoms with Gasteiger partial charge in [0.25, 0.3) is 0 Å². The van der Waals surface area contributed by atoms with Gasteiger partial charge in [-0.15, -0.1) is 0 Å². The van der Waals surface area contributed by atoms with Crippen molar-refractivity contribution in [1.82, 2.24) is 0 Å². The molecular formula is C12H14O6. The summed E-state index contributed by atoms with van der Waals surface area (Å²) >= 11 is 0. The molecule has 1 rings (SSSR count). The van der Waals surface area contributed by atoms with Crippen molar-refractivity contribution in [2.75, 3.05) is 13.2 Å². The molecule has 1 aromatic carbocycles. The van der Waals surface area contributed by atoms with E-state index in [-0.39, 0.29) is 30.3 Å². The minimum atomic E-state index is -0.591. The summed E-state index contributed by atoms with van der Waals surface area (Å²) in [5, 5.41) is 19.1. The van der Waals surface area contributed by atoms with Crippen molar-refractivity contribution in [3.05, 3.63) is 17.7 Å². The highest BCUT2D eigenvalue weighted by Gasteiger charge is 2.16. The Balaban J connectivity index is 2.83. The van der Waals surface area contributed by atoms with Gasteiger partial charge < -0.3 is 19.7 Å². The summed E-state index contributed by atoms with van der Waals surface area (Å²) < 4.78 is 9.60. The van der Waals surface area contributed by atoms with Crippen LogP contribution in [0.15, 0.2) is 12.1 Å². The average Bonchev–Trinajstić information content (AvgIpc) is 2.31. The van der Waals surface area contributed by atoms with Gasteiger partial charge in [0.1, 0.15) is 0 Å². The summed E-state index contributed by atoms with van der Waals surface area (Å²) in [4.78, 5) is 22.1. The van der Waals surface area contributed by atoms with E-state index in [1.165, 1.54) is 19.1 Å². The van der Waals surface area contributed by atoms with Crippen LogP contribution in [-0.4, -0.2) is 35.2 Å². The van der Waals surface area contributed by atoms with Crippen LogP contribution in [-0.2, 0) is 9.53 Å². The number of ketones is 1. The molecule has 0 aliphatic heterocycles. The lowest BCUT2D eigenvalue weighted by molar-refractivity contribution is -0.145. The van der Waals surface area contributed by atoms with Gasteiger partial charge in [-0.1, -0.05) is 0 Å². The Morgan fingerprint density at radius 1 is 1.22 bits per heavy atom. The molecule has 0 unspecified atom stereocenters. The first-order chi connectivity index (χ1) is 8.47. The van der Waals surface area contributed by atoms with E-state index >= 15 is 0 Å². The van der Waals surface area contributed by atoms with Gasteiger partial charge in [0.2, 0.25) is 5.75 Å². The molecule has 0 saturated carbocycles. The van der Waals surface area contributed by atoms with Crippen molar-refractivity contribution >= 4 is 11.8 Å². The van der Waals surface area contributed by atoms with Crippen LogP contribution in [0.4, 0.5) is 0 Å². The van der Waals surface area contributed by atoms with E-state index in [9.17, 15) is 19.8 Å². The maximum absolute atomic E-state index is 11.1. The number of hydrogen-bond donors (Lipinski definition) is 2. The quantitative estimate of drug-likeness (QED) is 0.466. The number of carbonyl (C=O) groups is 2. The Labute approximate surface area is 104 Å². The lowest BCUT2D eigenvalue weighted by Crippen LogP contribution is -2.14. The van der Waals surface area contributed by atoms with Crippen molar-refractivity contribution in [2.24, 2.45) is 0 Å². The SMILES string of the molecule is CCOC(=O)COc1ccc(C(C)=O)c(O)c1O. The smallest absolute Gasteiger partial charge is 0.344 e. The van der Waals surface area contributed by atoms with Gasteiger partial charge in [-0.3, -0.25) is 4.79 Å². The minimum absolute atomic E-state index is 0.0176. The summed E-state index contributed by atoms with van der Waals surface area (Å²) in [6.45, 7) is 2.75. The van der Waals surface area contributed by atoms with Crippen LogP contribution in [0.1, 0.15) is 24.2 Å². The Morgan fingerprint density at radius 2 is 1.89 bits per heavy atom. The molecule has 0 saturated heterocycles. The maximum atomic E-state index is 11.1. The molecule has 6 nitrogen and oxygen atoms in total. The van der Waals surface area contributed by atoms with Crippen LogP contribution in [0.2, 0.25) is 0 Å². The third-order valence-corrected chi connectivity index (χ3v) is 2.14. The molecule has 2 N–H and O–H groups in total. The molecule has 1 aromatic rings. The zero-order valence-corrected chi connectivity index (χ0v) is 10.1. The molecule has 0 atom stereocenters. The van der Waals surface area contributed by atoms with E-state index in [1.807, 2.05) is 0 Å². The van der Waals surface area contributed by atoms with Crippen molar-refractivity contribution < 1.29 is 29.3 Å². The number of ether oxygens (including phenoxy) is 2. The van der Waals surface area contributed by atoms with E-state index in [0.717, 1.165) is 0 Å². The standard InChI is InChI=1S/C12H14O6/c1-3-17-10(14)6-18-9-5-4-8(7(2)13)11(15)12(9)16/h4-5,15-16H,3,6H2,1-2H3. The Hall–Kier alpha value is -2.24. The predicted molar refractivity (Wildman–Crippen MR) is 61.9 cm³/mol. The Morgan fingerprint density at radius 3 is 2.44 bits per heavy atom. The molecule has 0 aliphatic carbocycles. The second kappa shape index (κ2) is 5.90. The van der Waals surface area contributed by atoms with E-state index in [2.05, 4.69) is 4.74 Å². The van der Waals surface area contributed by atoms with Crippen LogP contribution in [0.25, 0.3) is 0 Å². The van der Waals surface area contributed by atoms with E-state index in [1.54, 1.807) is 6.92 Å². The van der Waals surface area contributed by atoms with Crippen molar-refractivity contribution in [1.29, 1.82) is 0 Å². The van der Waals surface area contributed by atoms with Gasteiger partial charge in [-0.2, -0.15) is 0 Å². The van der Waals surface area contributed by atoms with Crippen molar-refractivity contribution in [3.8, 4) is 17.2 Å². The van der Waals surface area contributed by atoms with Gasteiger partial charge in [0.05, 0.1) is 12.2 Å². The number of benzene rings is 1. The molecule has 0 heterocycles. The third-order valence-electron chi connectivity index (χ3n) is 2.14. The summed E-state index contributed by atoms with van der Waals surface area (Å²) in [7, 11) is 0. The van der Waals surface area contributed by atoms with Crippen molar-refractivity contribution in [2.45, 2.75) is 13.8 Å². The van der Waals surface area contributed by atoms with Gasteiger partial charge in [-0.25, -0.2) is 4.79 Å². The molecule has 0 aliphatic rings. The van der Waals surface area contributed by atoms with Crippen LogP contribution in [0.5, 0.6) is 17.2 Å². The van der Waals surface area contributed by atoms with E-state index in [0.29, 0.717) is 0 Å². The largest absolute Gasteiger partial charge is 0.504 e. The number of aromatic hydroxyl groups is 2. The summed E-state index contributed by atoms with van der Waals surface area (Å²) in [6, 6.07) is 2.60. The third kappa shape index (κ3) is 3.13. The van der Waals surface area contributed by atoms with Crippen LogP contribution in [0, 0.1) is 0 Å². The van der Waals surface area contributed by atoms with Crippen LogP contribution >= 0.6 is 0 Å². The zero-order chi connectivity index (χ0) is 13.7. The maximum Gasteiger partial charge on any atom is 0.344 e. The highest BCUT2D eigenvalue weighted by Crippen LogP contribution is 2.38. The Kier molecular flexibility index (Phi) is 4.53. The van der Waals surface area contributed by atoms with Gasteiger partial charge in [0.15, 0.2) is 23.9 Å². The molecule has 0 bridgehead atoms. The van der Waals surface area contributed by atoms with Gasteiger partial charge >= 0.3 is 5.97 Å². The topological polar surface area (TPSA) is 93.1 Å². The molecular weight excluding hydrogens is 240 g/mol. The number of phenols is 2. The first kappa shape index (κ1) is 13.8. The molecule has 98 valence electrons. The van der Waals surface area contributed by atoms with E-state index < -0.39 is 17.5 Å². The lowest BCUT2D eigenvalue weighted by atomic mass is 10.1. The number of phenolic OH excluding ortho intramolecular Hbond substituents is 2. The lowest BCUT2D eigenvalue weighted by Gasteiger charge is -2.10. The molecule has 6 heteroatoms. The molecule has 0 fully saturated rings. The first-order valence-corrected chi connectivity index (χ1v) is 5.31. The number of esters is 1. The van der Waals surface area contributed by atoms with Crippen LogP contribution < -0.4 is 4.74 Å². The number of Topliss-reactive ketones (excluding diaryl/α,β-unsaturated/α-hetero) is 1. The normalized spacial score (nSPS) is 9.89. The number of carbonyl (C=O) groups excluding carboxylic acids is 2. The fourth-order valence-corrected chi connectivity index (χ4v) is 1.30. The fraction of sp³-hybridized carbons (Fsp3) is 0.333. The minimum Gasteiger partial charge on any atom is -0.504 e. The molecule has 0 aromatic heterocycles. The molecule has 0 radical (unpaired) electrons. The number of rotatable bonds is 5. The summed E-state index contributed by atoms with van der Waals surface area (Å²) in [5.74, 6) is -2.21. The zero-order valence-electron chi connectivity index (χ0n) is 10.1. The second-order valence-electron chi connectivity index (χ2n) is 3.46. The molecule has 0 amide bonds. The van der Waals surface area contributed by atoms with Gasteiger partial charge in [0, 0.05) is 0 Å².